The Kier molecular flexibility index (Phi) is 6.07. The van der Waals surface area contributed by atoms with E-state index in [1.54, 1.807) is 25.7 Å². The third kappa shape index (κ3) is 4.05. The zero-order chi connectivity index (χ0) is 14.5. The molecule has 0 aromatic heterocycles. The minimum atomic E-state index is 0.993. The molecule has 0 amide bonds. The van der Waals surface area contributed by atoms with Crippen molar-refractivity contribution in [2.24, 2.45) is 23.7 Å². The summed E-state index contributed by atoms with van der Waals surface area (Å²) < 4.78 is 0. The van der Waals surface area contributed by atoms with Crippen molar-refractivity contribution in [2.75, 3.05) is 0 Å². The van der Waals surface area contributed by atoms with Gasteiger partial charge in [-0.3, -0.25) is 0 Å². The van der Waals surface area contributed by atoms with Crippen LogP contribution in [0.5, 0.6) is 0 Å². The highest BCUT2D eigenvalue weighted by atomic mass is 14.4. The van der Waals surface area contributed by atoms with Crippen molar-refractivity contribution in [1.29, 1.82) is 0 Å². The molecule has 0 aromatic carbocycles. The van der Waals surface area contributed by atoms with E-state index >= 15 is 0 Å². The van der Waals surface area contributed by atoms with Crippen molar-refractivity contribution < 1.29 is 0 Å². The van der Waals surface area contributed by atoms with E-state index in [1.807, 2.05) is 5.92 Å². The minimum Gasteiger partial charge on any atom is -0.0585 e. The van der Waals surface area contributed by atoms with Crippen LogP contribution in [0.25, 0.3) is 0 Å². The first kappa shape index (κ1) is 15.9. The lowest BCUT2D eigenvalue weighted by molar-refractivity contribution is 0.131. The maximum absolute atomic E-state index is 2.59. The molecule has 3 aliphatic rings. The number of hydrogen-bond acceptors (Lipinski definition) is 0. The van der Waals surface area contributed by atoms with Gasteiger partial charge in [-0.15, -0.1) is 0 Å². The molecule has 3 fully saturated rings. The van der Waals surface area contributed by atoms with E-state index in [9.17, 15) is 0 Å². The Labute approximate surface area is 133 Å². The third-order valence-corrected chi connectivity index (χ3v) is 7.09. The Balaban J connectivity index is 1.69. The fourth-order valence-corrected chi connectivity index (χ4v) is 5.95. The van der Waals surface area contributed by atoms with Gasteiger partial charge in [-0.25, -0.2) is 0 Å². The second-order valence-corrected chi connectivity index (χ2v) is 8.40. The normalized spacial score (nSPS) is 27.6. The van der Waals surface area contributed by atoms with Crippen LogP contribution in [0.15, 0.2) is 0 Å². The van der Waals surface area contributed by atoms with E-state index in [0.717, 1.165) is 23.7 Å². The van der Waals surface area contributed by atoms with Crippen LogP contribution < -0.4 is 0 Å². The average Bonchev–Trinajstić information content (AvgIpc) is 2.58. The fraction of sp³-hybridized carbons (Fsp3) is 0.952. The molecular weight excluding hydrogens is 252 g/mol. The van der Waals surface area contributed by atoms with Crippen LogP contribution in [-0.4, -0.2) is 0 Å². The first-order valence-electron chi connectivity index (χ1n) is 10.2. The van der Waals surface area contributed by atoms with Gasteiger partial charge in [0, 0.05) is 0 Å². The maximum Gasteiger partial charge on any atom is -0.0205 e. The molecule has 121 valence electrons. The molecule has 0 heteroatoms. The van der Waals surface area contributed by atoms with Crippen LogP contribution in [0.2, 0.25) is 0 Å². The molecule has 0 nitrogen and oxygen atoms in total. The van der Waals surface area contributed by atoms with Crippen molar-refractivity contribution in [3.05, 3.63) is 5.92 Å². The second-order valence-electron chi connectivity index (χ2n) is 8.40. The summed E-state index contributed by atoms with van der Waals surface area (Å²) in [5.74, 6) is 6.09. The van der Waals surface area contributed by atoms with Crippen molar-refractivity contribution in [2.45, 2.75) is 103 Å². The Morgan fingerprint density at radius 2 is 0.952 bits per heavy atom. The molecule has 0 aromatic rings. The van der Waals surface area contributed by atoms with E-state index in [4.69, 9.17) is 0 Å². The van der Waals surface area contributed by atoms with Crippen LogP contribution in [0.4, 0.5) is 0 Å². The summed E-state index contributed by atoms with van der Waals surface area (Å²) in [6.07, 6.45) is 22.8. The maximum atomic E-state index is 2.59. The first-order valence-corrected chi connectivity index (χ1v) is 10.2. The number of rotatable bonds is 4. The minimum absolute atomic E-state index is 0.993. The molecule has 0 aliphatic heterocycles. The predicted octanol–water partition coefficient (Wildman–Crippen LogP) is 6.94. The molecule has 3 saturated carbocycles. The molecule has 0 spiro atoms. The van der Waals surface area contributed by atoms with Gasteiger partial charge in [0.1, 0.15) is 0 Å². The van der Waals surface area contributed by atoms with Gasteiger partial charge in [-0.1, -0.05) is 90.4 Å². The van der Waals surface area contributed by atoms with E-state index in [0.29, 0.717) is 0 Å². The van der Waals surface area contributed by atoms with E-state index < -0.39 is 0 Å². The summed E-state index contributed by atoms with van der Waals surface area (Å²) in [6, 6.07) is 0. The third-order valence-electron chi connectivity index (χ3n) is 7.09. The van der Waals surface area contributed by atoms with Crippen LogP contribution in [-0.2, 0) is 0 Å². The van der Waals surface area contributed by atoms with E-state index in [-0.39, 0.29) is 0 Å². The summed E-state index contributed by atoms with van der Waals surface area (Å²) in [6.45, 7) is 2.59. The van der Waals surface area contributed by atoms with Crippen molar-refractivity contribution >= 4 is 0 Å². The van der Waals surface area contributed by atoms with Crippen LogP contribution in [0, 0.1) is 29.6 Å². The molecular formula is C21H37. The summed E-state index contributed by atoms with van der Waals surface area (Å²) in [5, 5.41) is 0. The standard InChI is InChI=1S/C21H37/c1-17(18-11-5-2-6-12-18)21(19-13-7-3-8-14-19)20-15-9-4-10-16-20/h18-21H,2-16H2,1H3. The van der Waals surface area contributed by atoms with E-state index in [1.165, 1.54) is 70.6 Å². The molecule has 0 atom stereocenters. The van der Waals surface area contributed by atoms with E-state index in [2.05, 4.69) is 6.92 Å². The highest BCUT2D eigenvalue weighted by molar-refractivity contribution is 5.04. The fourth-order valence-electron chi connectivity index (χ4n) is 5.95. The predicted molar refractivity (Wildman–Crippen MR) is 92.1 cm³/mol. The molecule has 0 unspecified atom stereocenters. The molecule has 0 saturated heterocycles. The molecule has 0 heterocycles. The van der Waals surface area contributed by atoms with Gasteiger partial charge in [0.15, 0.2) is 0 Å². The van der Waals surface area contributed by atoms with Crippen molar-refractivity contribution in [3.8, 4) is 0 Å². The van der Waals surface area contributed by atoms with Gasteiger partial charge in [0.25, 0.3) is 0 Å². The zero-order valence-corrected chi connectivity index (χ0v) is 14.4. The Bertz CT molecular complexity index is 258. The van der Waals surface area contributed by atoms with Crippen LogP contribution in [0.3, 0.4) is 0 Å². The quantitative estimate of drug-likeness (QED) is 0.526. The Morgan fingerprint density at radius 3 is 1.38 bits per heavy atom. The molecule has 3 rings (SSSR count). The van der Waals surface area contributed by atoms with Crippen LogP contribution in [0.1, 0.15) is 103 Å². The van der Waals surface area contributed by atoms with Crippen molar-refractivity contribution in [1.82, 2.24) is 0 Å². The topological polar surface area (TPSA) is 0 Å². The Hall–Kier alpha value is 0. The van der Waals surface area contributed by atoms with Gasteiger partial charge in [0.05, 0.1) is 0 Å². The SMILES string of the molecule is C[C](C1CCCCC1)C(C1CCCCC1)C1CCCCC1. The summed E-state index contributed by atoms with van der Waals surface area (Å²) in [7, 11) is 0. The Morgan fingerprint density at radius 1 is 0.571 bits per heavy atom. The number of hydrogen-bond donors (Lipinski definition) is 0. The van der Waals surface area contributed by atoms with Gasteiger partial charge in [-0.05, 0) is 42.4 Å². The average molecular weight is 290 g/mol. The highest BCUT2D eigenvalue weighted by Crippen LogP contribution is 2.48. The van der Waals surface area contributed by atoms with Gasteiger partial charge >= 0.3 is 0 Å². The lowest BCUT2D eigenvalue weighted by Crippen LogP contribution is -2.34. The zero-order valence-electron chi connectivity index (χ0n) is 14.4. The summed E-state index contributed by atoms with van der Waals surface area (Å²) >= 11 is 0. The summed E-state index contributed by atoms with van der Waals surface area (Å²) in [5.41, 5.74) is 0. The molecule has 0 N–H and O–H groups in total. The molecule has 1 radical (unpaired) electrons. The van der Waals surface area contributed by atoms with Gasteiger partial charge < -0.3 is 0 Å². The lowest BCUT2D eigenvalue weighted by Gasteiger charge is -2.44. The molecule has 21 heavy (non-hydrogen) atoms. The monoisotopic (exact) mass is 289 g/mol. The largest absolute Gasteiger partial charge is 0.0585 e. The molecule has 0 bridgehead atoms. The lowest BCUT2D eigenvalue weighted by atomic mass is 9.61. The second kappa shape index (κ2) is 8.02. The van der Waals surface area contributed by atoms with Gasteiger partial charge in [0.2, 0.25) is 0 Å². The van der Waals surface area contributed by atoms with Crippen LogP contribution >= 0.6 is 0 Å². The van der Waals surface area contributed by atoms with Crippen molar-refractivity contribution in [3.63, 3.8) is 0 Å². The first-order chi connectivity index (χ1) is 10.4. The highest BCUT2D eigenvalue weighted by Gasteiger charge is 2.38. The smallest absolute Gasteiger partial charge is 0.0205 e. The van der Waals surface area contributed by atoms with Gasteiger partial charge in [-0.2, -0.15) is 0 Å². The summed E-state index contributed by atoms with van der Waals surface area (Å²) in [4.78, 5) is 0. The molecule has 3 aliphatic carbocycles.